The maximum absolute atomic E-state index is 12.1. The van der Waals surface area contributed by atoms with E-state index in [1.54, 1.807) is 30.3 Å². The van der Waals surface area contributed by atoms with Crippen molar-refractivity contribution in [3.8, 4) is 17.2 Å². The summed E-state index contributed by atoms with van der Waals surface area (Å²) >= 11 is 13.5. The van der Waals surface area contributed by atoms with Gasteiger partial charge in [-0.25, -0.2) is 0 Å². The molecular weight excluding hydrogens is 393 g/mol. The van der Waals surface area contributed by atoms with Gasteiger partial charge in [-0.3, -0.25) is 0 Å². The highest BCUT2D eigenvalue weighted by Crippen LogP contribution is 2.32. The largest absolute Gasteiger partial charge is 0.435 e. The number of ether oxygens (including phenoxy) is 1. The fraction of sp³-hybridized carbons (Fsp3) is 0.125. The van der Waals surface area contributed by atoms with E-state index in [1.165, 1.54) is 23.9 Å². The number of hydrogen-bond donors (Lipinski definition) is 0. The fourth-order valence-corrected chi connectivity index (χ4v) is 3.47. The van der Waals surface area contributed by atoms with Crippen molar-refractivity contribution in [1.82, 2.24) is 10.2 Å². The minimum Gasteiger partial charge on any atom is -0.435 e. The molecule has 0 aliphatic rings. The van der Waals surface area contributed by atoms with Crippen LogP contribution >= 0.6 is 35.0 Å². The smallest absolute Gasteiger partial charge is 0.387 e. The molecule has 1 aromatic heterocycles. The van der Waals surface area contributed by atoms with Crippen LogP contribution in [0.15, 0.2) is 52.1 Å². The van der Waals surface area contributed by atoms with E-state index < -0.39 is 6.61 Å². The van der Waals surface area contributed by atoms with Gasteiger partial charge in [-0.2, -0.15) is 8.78 Å². The standard InChI is InChI=1S/C16H10Cl2F2N2O2S/c17-12-2-1-3-13(18)11(12)8-25-16-22-21-14(24-16)9-4-6-10(7-5-9)23-15(19)20/h1-7,15H,8H2. The molecule has 2 aromatic carbocycles. The molecule has 3 aromatic rings. The second-order valence-electron chi connectivity index (χ2n) is 4.76. The van der Waals surface area contributed by atoms with Gasteiger partial charge >= 0.3 is 6.61 Å². The van der Waals surface area contributed by atoms with Crippen LogP contribution in [0.2, 0.25) is 10.0 Å². The molecule has 0 aliphatic heterocycles. The topological polar surface area (TPSA) is 48.2 Å². The van der Waals surface area contributed by atoms with Crippen molar-refractivity contribution in [2.24, 2.45) is 0 Å². The van der Waals surface area contributed by atoms with Crippen molar-refractivity contribution in [2.75, 3.05) is 0 Å². The van der Waals surface area contributed by atoms with Crippen molar-refractivity contribution in [1.29, 1.82) is 0 Å². The normalized spacial score (nSPS) is 11.1. The van der Waals surface area contributed by atoms with E-state index in [9.17, 15) is 8.78 Å². The van der Waals surface area contributed by atoms with Crippen LogP contribution in [-0.2, 0) is 5.75 Å². The minimum absolute atomic E-state index is 0.0567. The highest BCUT2D eigenvalue weighted by Gasteiger charge is 2.12. The molecule has 9 heteroatoms. The van der Waals surface area contributed by atoms with Crippen LogP contribution in [0.3, 0.4) is 0 Å². The first-order chi connectivity index (χ1) is 12.0. The van der Waals surface area contributed by atoms with Crippen molar-refractivity contribution >= 4 is 35.0 Å². The third kappa shape index (κ3) is 4.62. The molecule has 0 radical (unpaired) electrons. The fourth-order valence-electron chi connectivity index (χ4n) is 1.97. The SMILES string of the molecule is FC(F)Oc1ccc(-c2nnc(SCc3c(Cl)cccc3Cl)o2)cc1. The summed E-state index contributed by atoms with van der Waals surface area (Å²) in [7, 11) is 0. The Hall–Kier alpha value is -1.83. The van der Waals surface area contributed by atoms with Crippen molar-refractivity contribution in [3.05, 3.63) is 58.1 Å². The zero-order valence-electron chi connectivity index (χ0n) is 12.5. The maximum atomic E-state index is 12.1. The predicted molar refractivity (Wildman–Crippen MR) is 92.4 cm³/mol. The molecule has 3 rings (SSSR count). The molecule has 0 fully saturated rings. The monoisotopic (exact) mass is 402 g/mol. The van der Waals surface area contributed by atoms with Gasteiger partial charge in [0, 0.05) is 21.4 Å². The number of hydrogen-bond acceptors (Lipinski definition) is 5. The Morgan fingerprint density at radius 3 is 2.36 bits per heavy atom. The van der Waals surface area contributed by atoms with E-state index in [4.69, 9.17) is 27.6 Å². The molecule has 0 N–H and O–H groups in total. The molecular formula is C16H10Cl2F2N2O2S. The molecule has 0 amide bonds. The molecule has 0 spiro atoms. The number of thioether (sulfide) groups is 1. The van der Waals surface area contributed by atoms with Crippen molar-refractivity contribution < 1.29 is 17.9 Å². The predicted octanol–water partition coefficient (Wildman–Crippen LogP) is 5.94. The van der Waals surface area contributed by atoms with Crippen LogP contribution in [-0.4, -0.2) is 16.8 Å². The molecule has 130 valence electrons. The first-order valence-electron chi connectivity index (χ1n) is 6.97. The Balaban J connectivity index is 1.68. The number of rotatable bonds is 6. The Morgan fingerprint density at radius 1 is 1.04 bits per heavy atom. The van der Waals surface area contributed by atoms with E-state index in [-0.39, 0.29) is 11.6 Å². The highest BCUT2D eigenvalue weighted by atomic mass is 35.5. The molecule has 25 heavy (non-hydrogen) atoms. The van der Waals surface area contributed by atoms with Gasteiger partial charge in [-0.1, -0.05) is 41.0 Å². The summed E-state index contributed by atoms with van der Waals surface area (Å²) in [6, 6.07) is 11.2. The Morgan fingerprint density at radius 2 is 1.72 bits per heavy atom. The first-order valence-corrected chi connectivity index (χ1v) is 8.71. The Labute approximate surface area is 156 Å². The lowest BCUT2D eigenvalue weighted by atomic mass is 10.2. The summed E-state index contributed by atoms with van der Waals surface area (Å²) in [4.78, 5) is 0. The number of benzene rings is 2. The summed E-state index contributed by atoms with van der Waals surface area (Å²) in [5, 5.41) is 9.36. The first kappa shape index (κ1) is 18.0. The van der Waals surface area contributed by atoms with E-state index >= 15 is 0 Å². The summed E-state index contributed by atoms with van der Waals surface area (Å²) in [6.07, 6.45) is 0. The zero-order chi connectivity index (χ0) is 17.8. The van der Waals surface area contributed by atoms with Gasteiger partial charge < -0.3 is 9.15 Å². The molecule has 0 atom stereocenters. The number of halogens is 4. The third-order valence-corrected chi connectivity index (χ3v) is 4.69. The molecule has 0 saturated carbocycles. The molecule has 1 heterocycles. The molecule has 0 bridgehead atoms. The summed E-state index contributed by atoms with van der Waals surface area (Å²) in [6.45, 7) is -2.87. The van der Waals surface area contributed by atoms with Crippen LogP contribution < -0.4 is 4.74 Å². The van der Waals surface area contributed by atoms with E-state index in [0.717, 1.165) is 5.56 Å². The summed E-state index contributed by atoms with van der Waals surface area (Å²) in [5.74, 6) is 0.805. The zero-order valence-corrected chi connectivity index (χ0v) is 14.8. The van der Waals surface area contributed by atoms with Gasteiger partial charge in [0.15, 0.2) is 0 Å². The van der Waals surface area contributed by atoms with Gasteiger partial charge in [-0.15, -0.1) is 10.2 Å². The van der Waals surface area contributed by atoms with E-state index in [0.29, 0.717) is 26.6 Å². The van der Waals surface area contributed by atoms with Gasteiger partial charge in [0.05, 0.1) is 0 Å². The summed E-state index contributed by atoms with van der Waals surface area (Å²) in [5.41, 5.74) is 1.38. The molecule has 4 nitrogen and oxygen atoms in total. The van der Waals surface area contributed by atoms with E-state index in [1.807, 2.05) is 0 Å². The van der Waals surface area contributed by atoms with Gasteiger partial charge in [0.2, 0.25) is 5.89 Å². The average molecular weight is 403 g/mol. The van der Waals surface area contributed by atoms with E-state index in [2.05, 4.69) is 14.9 Å². The quantitative estimate of drug-likeness (QED) is 0.477. The maximum Gasteiger partial charge on any atom is 0.387 e. The molecule has 0 unspecified atom stereocenters. The van der Waals surface area contributed by atoms with Crippen LogP contribution in [0, 0.1) is 0 Å². The van der Waals surface area contributed by atoms with Gasteiger partial charge in [0.1, 0.15) is 5.75 Å². The van der Waals surface area contributed by atoms with Crippen LogP contribution in [0.5, 0.6) is 5.75 Å². The lowest BCUT2D eigenvalue weighted by molar-refractivity contribution is -0.0498. The van der Waals surface area contributed by atoms with Gasteiger partial charge in [0.25, 0.3) is 5.22 Å². The van der Waals surface area contributed by atoms with Crippen molar-refractivity contribution in [3.63, 3.8) is 0 Å². The van der Waals surface area contributed by atoms with Crippen molar-refractivity contribution in [2.45, 2.75) is 17.6 Å². The van der Waals surface area contributed by atoms with Gasteiger partial charge in [-0.05, 0) is 42.0 Å². The highest BCUT2D eigenvalue weighted by molar-refractivity contribution is 7.98. The second kappa shape index (κ2) is 8.03. The van der Waals surface area contributed by atoms with Crippen LogP contribution in [0.4, 0.5) is 8.78 Å². The Kier molecular flexibility index (Phi) is 5.78. The lowest BCUT2D eigenvalue weighted by Gasteiger charge is -2.04. The summed E-state index contributed by atoms with van der Waals surface area (Å²) < 4.78 is 34.1. The minimum atomic E-state index is -2.87. The lowest BCUT2D eigenvalue weighted by Crippen LogP contribution is -2.01. The third-order valence-electron chi connectivity index (χ3n) is 3.13. The second-order valence-corrected chi connectivity index (χ2v) is 6.51. The molecule has 0 aliphatic carbocycles. The Bertz CT molecular complexity index is 839. The average Bonchev–Trinajstić information content (AvgIpc) is 3.03. The number of aromatic nitrogens is 2. The number of alkyl halides is 2. The van der Waals surface area contributed by atoms with Crippen LogP contribution in [0.25, 0.3) is 11.5 Å². The molecule has 0 saturated heterocycles. The number of nitrogens with zero attached hydrogens (tertiary/aromatic N) is 2. The van der Waals surface area contributed by atoms with Crippen LogP contribution in [0.1, 0.15) is 5.56 Å².